The highest BCUT2D eigenvalue weighted by Gasteiger charge is 2.39. The van der Waals surface area contributed by atoms with E-state index in [-0.39, 0.29) is 0 Å². The maximum Gasteiger partial charge on any atom is 0.490 e. The summed E-state index contributed by atoms with van der Waals surface area (Å²) in [6.07, 6.45) is -7.77. The molecule has 0 spiro atoms. The zero-order valence-corrected chi connectivity index (χ0v) is 22.3. The molecular weight excluding hydrogens is 613 g/mol. The molecule has 0 saturated heterocycles. The second-order valence-electron chi connectivity index (χ2n) is 8.18. The molecule has 2 aromatic rings. The van der Waals surface area contributed by atoms with Gasteiger partial charge in [-0.3, -0.25) is 9.88 Å². The molecule has 1 aliphatic heterocycles. The van der Waals surface area contributed by atoms with Gasteiger partial charge >= 0.3 is 36.4 Å². The topological polar surface area (TPSA) is 157 Å². The lowest BCUT2D eigenvalue weighted by atomic mass is 10.1. The minimum atomic E-state index is -5.08. The number of hydrogen-bond donors (Lipinski definition) is 3. The van der Waals surface area contributed by atoms with Gasteiger partial charge in [0, 0.05) is 57.6 Å². The lowest BCUT2D eigenvalue weighted by molar-refractivity contribution is -0.193. The molecule has 0 atom stereocenters. The van der Waals surface area contributed by atoms with Gasteiger partial charge in [-0.25, -0.2) is 24.4 Å². The van der Waals surface area contributed by atoms with Crippen LogP contribution in [0.4, 0.5) is 45.3 Å². The summed E-state index contributed by atoms with van der Waals surface area (Å²) >= 11 is 0. The van der Waals surface area contributed by atoms with E-state index in [2.05, 4.69) is 44.8 Å². The molecule has 0 amide bonds. The van der Waals surface area contributed by atoms with Crippen LogP contribution >= 0.6 is 0 Å². The molecule has 3 rings (SSSR count). The van der Waals surface area contributed by atoms with E-state index in [0.717, 1.165) is 44.8 Å². The number of nitrogens with zero attached hydrogens (tertiary/aromatic N) is 5. The van der Waals surface area contributed by atoms with E-state index in [4.69, 9.17) is 29.7 Å². The Labute approximate surface area is 237 Å². The summed E-state index contributed by atoms with van der Waals surface area (Å²) in [7, 11) is 2.10. The minimum absolute atomic E-state index is 0.953. The highest BCUT2D eigenvalue weighted by molar-refractivity contribution is 5.73. The van der Waals surface area contributed by atoms with Crippen LogP contribution in [-0.2, 0) is 33.8 Å². The maximum absolute atomic E-state index is 10.6. The van der Waals surface area contributed by atoms with Crippen LogP contribution < -0.4 is 4.90 Å². The number of fused-ring (bicyclic) bond motifs is 1. The Morgan fingerprint density at radius 3 is 1.72 bits per heavy atom. The molecular formula is C23H26F9N5O6. The van der Waals surface area contributed by atoms with E-state index in [1.807, 2.05) is 18.5 Å². The molecule has 0 bridgehead atoms. The summed E-state index contributed by atoms with van der Waals surface area (Å²) in [6.45, 7) is 6.14. The first kappa shape index (κ1) is 38.8. The quantitative estimate of drug-likeness (QED) is 0.418. The summed E-state index contributed by atoms with van der Waals surface area (Å²) in [5.41, 5.74) is 3.80. The van der Waals surface area contributed by atoms with Crippen molar-refractivity contribution in [2.24, 2.45) is 0 Å². The Hall–Kier alpha value is -4.23. The molecule has 2 aromatic heterocycles. The Morgan fingerprint density at radius 1 is 0.860 bits per heavy atom. The van der Waals surface area contributed by atoms with Crippen molar-refractivity contribution >= 4 is 23.7 Å². The van der Waals surface area contributed by atoms with E-state index in [0.29, 0.717) is 0 Å². The summed E-state index contributed by atoms with van der Waals surface area (Å²) in [5, 5.41) is 21.4. The first-order valence-electron chi connectivity index (χ1n) is 11.7. The summed E-state index contributed by atoms with van der Waals surface area (Å²) in [5.74, 6) is -7.18. The summed E-state index contributed by atoms with van der Waals surface area (Å²) in [6, 6.07) is 4.14. The second kappa shape index (κ2) is 17.0. The molecule has 20 heteroatoms. The average molecular weight is 639 g/mol. The van der Waals surface area contributed by atoms with Crippen molar-refractivity contribution in [2.75, 3.05) is 31.6 Å². The lowest BCUT2D eigenvalue weighted by Gasteiger charge is -2.20. The van der Waals surface area contributed by atoms with Gasteiger partial charge in [0.15, 0.2) is 0 Å². The Balaban J connectivity index is 0.000000690. The number of pyridine rings is 1. The monoisotopic (exact) mass is 639 g/mol. The number of anilines is 1. The maximum atomic E-state index is 10.6. The van der Waals surface area contributed by atoms with Crippen molar-refractivity contribution in [1.29, 1.82) is 0 Å². The molecule has 0 aromatic carbocycles. The fourth-order valence-corrected chi connectivity index (χ4v) is 2.94. The number of halogens is 9. The van der Waals surface area contributed by atoms with Crippen LogP contribution in [0.3, 0.4) is 0 Å². The van der Waals surface area contributed by atoms with E-state index in [9.17, 15) is 39.5 Å². The van der Waals surface area contributed by atoms with Crippen LogP contribution in [0.1, 0.15) is 23.7 Å². The van der Waals surface area contributed by atoms with Gasteiger partial charge in [-0.05, 0) is 25.0 Å². The van der Waals surface area contributed by atoms with Crippen LogP contribution in [0.2, 0.25) is 0 Å². The molecule has 1 aliphatic rings. The van der Waals surface area contributed by atoms with Crippen LogP contribution in [-0.4, -0.2) is 98.3 Å². The normalized spacial score (nSPS) is 13.3. The van der Waals surface area contributed by atoms with E-state index in [1.54, 1.807) is 6.33 Å². The molecule has 0 fully saturated rings. The first-order valence-corrected chi connectivity index (χ1v) is 11.7. The van der Waals surface area contributed by atoms with Gasteiger partial charge in [0.1, 0.15) is 12.1 Å². The summed E-state index contributed by atoms with van der Waals surface area (Å²) in [4.78, 5) is 44.6. The molecule has 3 N–H and O–H groups in total. The van der Waals surface area contributed by atoms with Crippen LogP contribution in [0, 0.1) is 0 Å². The lowest BCUT2D eigenvalue weighted by Crippen LogP contribution is -2.26. The van der Waals surface area contributed by atoms with Crippen molar-refractivity contribution < 1.29 is 69.2 Å². The molecule has 0 radical (unpaired) electrons. The Morgan fingerprint density at radius 2 is 1.33 bits per heavy atom. The highest BCUT2D eigenvalue weighted by Crippen LogP contribution is 2.23. The first-order chi connectivity index (χ1) is 19.6. The second-order valence-corrected chi connectivity index (χ2v) is 8.18. The van der Waals surface area contributed by atoms with Gasteiger partial charge in [-0.2, -0.15) is 39.5 Å². The molecule has 0 saturated carbocycles. The van der Waals surface area contributed by atoms with Crippen LogP contribution in [0.5, 0.6) is 0 Å². The molecule has 11 nitrogen and oxygen atoms in total. The van der Waals surface area contributed by atoms with E-state index in [1.165, 1.54) is 16.8 Å². The number of aliphatic carboxylic acids is 3. The van der Waals surface area contributed by atoms with E-state index < -0.39 is 36.4 Å². The standard InChI is InChI=1S/C17H23N5.3C2HF3O2/c1-3-21(2)17-15-6-9-22(10-7-16(15)19-13-20-17)12-14-5-4-8-18-11-14;3*3-2(4,5)1(6)7/h4-5,8,11,13H,3,6-7,9-10,12H2,1-2H3;3*(H,6,7). The van der Waals surface area contributed by atoms with Crippen molar-refractivity contribution in [3.8, 4) is 0 Å². The fraction of sp³-hybridized carbons (Fsp3) is 0.478. The van der Waals surface area contributed by atoms with Crippen molar-refractivity contribution in [3.63, 3.8) is 0 Å². The van der Waals surface area contributed by atoms with E-state index >= 15 is 0 Å². The largest absolute Gasteiger partial charge is 0.490 e. The van der Waals surface area contributed by atoms with Crippen LogP contribution in [0.15, 0.2) is 30.9 Å². The third-order valence-corrected chi connectivity index (χ3v) is 5.05. The predicted molar refractivity (Wildman–Crippen MR) is 129 cm³/mol. The van der Waals surface area contributed by atoms with Gasteiger partial charge in [0.2, 0.25) is 0 Å². The molecule has 0 aliphatic carbocycles. The van der Waals surface area contributed by atoms with Gasteiger partial charge in [-0.15, -0.1) is 0 Å². The number of carbonyl (C=O) groups is 3. The number of aromatic nitrogens is 3. The third kappa shape index (κ3) is 15.5. The van der Waals surface area contributed by atoms with Crippen molar-refractivity contribution in [3.05, 3.63) is 47.7 Å². The summed E-state index contributed by atoms with van der Waals surface area (Å²) < 4.78 is 95.2. The molecule has 0 unspecified atom stereocenters. The predicted octanol–water partition coefficient (Wildman–Crippen LogP) is 3.83. The van der Waals surface area contributed by atoms with Gasteiger partial charge in [0.05, 0.1) is 5.69 Å². The number of carboxylic acid groups (broad SMARTS) is 3. The number of alkyl halides is 9. The SMILES string of the molecule is CCN(C)c1ncnc2c1CCN(Cc1cccnc1)CC2.O=C(O)C(F)(F)F.O=C(O)C(F)(F)F.O=C(O)C(F)(F)F. The minimum Gasteiger partial charge on any atom is -0.475 e. The molecule has 43 heavy (non-hydrogen) atoms. The van der Waals surface area contributed by atoms with Crippen molar-refractivity contribution in [1.82, 2.24) is 19.9 Å². The smallest absolute Gasteiger partial charge is 0.475 e. The number of rotatable bonds is 4. The molecule has 242 valence electrons. The number of carboxylic acids is 3. The Bertz CT molecular complexity index is 1120. The zero-order chi connectivity index (χ0) is 33.6. The van der Waals surface area contributed by atoms with Gasteiger partial charge < -0.3 is 20.2 Å². The highest BCUT2D eigenvalue weighted by atomic mass is 19.4. The van der Waals surface area contributed by atoms with Crippen LogP contribution in [0.25, 0.3) is 0 Å². The Kier molecular flexibility index (Phi) is 15.3. The average Bonchev–Trinajstić information content (AvgIpc) is 3.10. The van der Waals surface area contributed by atoms with Gasteiger partial charge in [-0.1, -0.05) is 6.07 Å². The van der Waals surface area contributed by atoms with Crippen molar-refractivity contribution in [2.45, 2.75) is 44.8 Å². The van der Waals surface area contributed by atoms with Gasteiger partial charge in [0.25, 0.3) is 0 Å². The third-order valence-electron chi connectivity index (χ3n) is 5.05. The zero-order valence-electron chi connectivity index (χ0n) is 22.3. The number of hydrogen-bond acceptors (Lipinski definition) is 8. The fourth-order valence-electron chi connectivity index (χ4n) is 2.94. The molecule has 3 heterocycles.